The Morgan fingerprint density at radius 3 is 2.59 bits per heavy atom. The molecule has 2 amide bonds. The number of anilines is 3. The highest BCUT2D eigenvalue weighted by Crippen LogP contribution is 2.37. The molecule has 3 N–H and O–H groups in total. The molecule has 2 heterocycles. The second-order valence-corrected chi connectivity index (χ2v) is 10.1. The Hall–Kier alpha value is -3.48. The van der Waals surface area contributed by atoms with Crippen LogP contribution in [0.15, 0.2) is 41.6 Å². The lowest BCUT2D eigenvalue weighted by Crippen LogP contribution is -2.22. The quantitative estimate of drug-likeness (QED) is 0.244. The maximum atomic E-state index is 12.4. The van der Waals surface area contributed by atoms with Crippen molar-refractivity contribution in [1.29, 1.82) is 0 Å². The summed E-state index contributed by atoms with van der Waals surface area (Å²) in [6.07, 6.45) is 5.37. The van der Waals surface area contributed by atoms with Crippen molar-refractivity contribution >= 4 is 51.8 Å². The number of carbonyl (C=O) groups excluding carboxylic acids is 2. The molecule has 0 aliphatic heterocycles. The van der Waals surface area contributed by atoms with E-state index in [2.05, 4.69) is 36.1 Å². The predicted octanol–water partition coefficient (Wildman–Crippen LogP) is 3.13. The van der Waals surface area contributed by atoms with Gasteiger partial charge in [-0.1, -0.05) is 6.07 Å². The first-order valence-corrected chi connectivity index (χ1v) is 13.4. The van der Waals surface area contributed by atoms with E-state index in [9.17, 15) is 14.1 Å². The average Bonchev–Trinajstić information content (AvgIpc) is 3.77. The first-order valence-electron chi connectivity index (χ1n) is 11.6. The van der Waals surface area contributed by atoms with Gasteiger partial charge in [0.25, 0.3) is 5.91 Å². The van der Waals surface area contributed by atoms with Gasteiger partial charge in [-0.3, -0.25) is 9.59 Å². The number of nitrogens with zero attached hydrogens (tertiary/aromatic N) is 4. The Bertz CT molecular complexity index is 1270. The van der Waals surface area contributed by atoms with Crippen molar-refractivity contribution in [3.8, 4) is 17.1 Å². The molecule has 1 unspecified atom stereocenters. The first kappa shape index (κ1) is 26.6. The van der Waals surface area contributed by atoms with Crippen molar-refractivity contribution in [2.75, 3.05) is 36.4 Å². The summed E-state index contributed by atoms with van der Waals surface area (Å²) in [5.74, 6) is 1.29. The van der Waals surface area contributed by atoms with Gasteiger partial charge in [0.2, 0.25) is 5.91 Å². The minimum absolute atomic E-state index is 0.0160. The topological polar surface area (TPSA) is 154 Å². The maximum Gasteiger partial charge on any atom is 0.273 e. The molecule has 0 saturated heterocycles. The number of hydrogen-bond acceptors (Lipinski definition) is 9. The van der Waals surface area contributed by atoms with Crippen LogP contribution in [0.25, 0.3) is 11.4 Å². The molecule has 13 heteroatoms. The van der Waals surface area contributed by atoms with Gasteiger partial charge in [-0.05, 0) is 36.2 Å². The summed E-state index contributed by atoms with van der Waals surface area (Å²) in [4.78, 5) is 33.9. The molecule has 194 valence electrons. The fourth-order valence-corrected chi connectivity index (χ4v) is 4.74. The highest BCUT2D eigenvalue weighted by atomic mass is 35.5. The Morgan fingerprint density at radius 2 is 1.95 bits per heavy atom. The third-order valence-corrected chi connectivity index (χ3v) is 7.18. The summed E-state index contributed by atoms with van der Waals surface area (Å²) < 4.78 is 18.0. The molecule has 1 fully saturated rings. The summed E-state index contributed by atoms with van der Waals surface area (Å²) in [6.45, 7) is 0. The van der Waals surface area contributed by atoms with Gasteiger partial charge in [0.05, 0.1) is 36.4 Å². The number of benzene rings is 1. The van der Waals surface area contributed by atoms with Gasteiger partial charge < -0.3 is 25.2 Å². The molecule has 0 bridgehead atoms. The summed E-state index contributed by atoms with van der Waals surface area (Å²) in [5.41, 5.74) is 1.45. The van der Waals surface area contributed by atoms with E-state index in [0.717, 1.165) is 12.8 Å². The smallest absolute Gasteiger partial charge is 0.273 e. The summed E-state index contributed by atoms with van der Waals surface area (Å²) in [5, 5.41) is 16.5. The fourth-order valence-electron chi connectivity index (χ4n) is 3.46. The van der Waals surface area contributed by atoms with Gasteiger partial charge in [-0.25, -0.2) is 9.97 Å². The van der Waals surface area contributed by atoms with Crippen molar-refractivity contribution in [1.82, 2.24) is 25.5 Å². The standard InChI is InChI=1S/C24H26ClN7O4S/c1-26-24(34)20-18(11-19(31-32-20)30-23(33)14-7-8-14)29-17-6-3-5-16(21(17)36-2)22-27-12-15(13-28-22)37(35)10-4-9-25/h3,5-6,11-14H,4,7-10H2,1-2H3,(H,26,34)(H2,29,30,31,33). The van der Waals surface area contributed by atoms with E-state index in [4.69, 9.17) is 16.3 Å². The lowest BCUT2D eigenvalue weighted by atomic mass is 10.1. The lowest BCUT2D eigenvalue weighted by Gasteiger charge is -2.16. The predicted molar refractivity (Wildman–Crippen MR) is 141 cm³/mol. The number of methoxy groups -OCH3 is 1. The minimum Gasteiger partial charge on any atom is -0.611 e. The van der Waals surface area contributed by atoms with Crippen molar-refractivity contribution in [2.24, 2.45) is 5.92 Å². The number of aromatic nitrogens is 4. The first-order chi connectivity index (χ1) is 17.9. The third kappa shape index (κ3) is 6.45. The minimum atomic E-state index is -1.23. The number of amides is 2. The van der Waals surface area contributed by atoms with E-state index in [0.29, 0.717) is 51.5 Å². The van der Waals surface area contributed by atoms with E-state index in [1.54, 1.807) is 24.3 Å². The number of halogens is 1. The highest BCUT2D eigenvalue weighted by Gasteiger charge is 2.30. The van der Waals surface area contributed by atoms with Crippen LogP contribution in [0, 0.1) is 5.92 Å². The summed E-state index contributed by atoms with van der Waals surface area (Å²) >= 11 is 4.46. The van der Waals surface area contributed by atoms with Gasteiger partial charge in [0, 0.05) is 31.3 Å². The second kappa shape index (κ2) is 12.2. The van der Waals surface area contributed by atoms with E-state index >= 15 is 0 Å². The molecule has 1 aromatic carbocycles. The number of para-hydroxylation sites is 1. The van der Waals surface area contributed by atoms with Crippen LogP contribution in [-0.2, 0) is 16.0 Å². The van der Waals surface area contributed by atoms with Crippen LogP contribution in [0.5, 0.6) is 5.75 Å². The van der Waals surface area contributed by atoms with E-state index in [1.165, 1.54) is 26.6 Å². The normalized spacial score (nSPS) is 13.5. The molecule has 11 nitrogen and oxygen atoms in total. The highest BCUT2D eigenvalue weighted by molar-refractivity contribution is 7.91. The zero-order valence-electron chi connectivity index (χ0n) is 20.3. The molecule has 1 saturated carbocycles. The van der Waals surface area contributed by atoms with E-state index in [1.807, 2.05) is 0 Å². The summed E-state index contributed by atoms with van der Waals surface area (Å²) in [6, 6.07) is 6.87. The van der Waals surface area contributed by atoms with Crippen molar-refractivity contribution in [3.05, 3.63) is 42.4 Å². The largest absolute Gasteiger partial charge is 0.611 e. The molecule has 1 aliphatic rings. The summed E-state index contributed by atoms with van der Waals surface area (Å²) in [7, 11) is 2.99. The van der Waals surface area contributed by atoms with Crippen LogP contribution in [0.3, 0.4) is 0 Å². The van der Waals surface area contributed by atoms with Crippen molar-refractivity contribution < 1.29 is 18.9 Å². The van der Waals surface area contributed by atoms with Gasteiger partial charge in [0.15, 0.2) is 28.0 Å². The molecule has 0 spiro atoms. The average molecular weight is 544 g/mol. The molecular formula is C24H26ClN7O4S. The zero-order valence-corrected chi connectivity index (χ0v) is 21.9. The van der Waals surface area contributed by atoms with Crippen LogP contribution in [0.1, 0.15) is 29.8 Å². The van der Waals surface area contributed by atoms with Crippen LogP contribution in [-0.4, -0.2) is 62.3 Å². The lowest BCUT2D eigenvalue weighted by molar-refractivity contribution is -0.117. The van der Waals surface area contributed by atoms with Gasteiger partial charge in [-0.15, -0.1) is 21.8 Å². The molecular weight excluding hydrogens is 518 g/mol. The second-order valence-electron chi connectivity index (χ2n) is 8.18. The number of rotatable bonds is 11. The van der Waals surface area contributed by atoms with Gasteiger partial charge >= 0.3 is 0 Å². The Labute approximate surface area is 222 Å². The molecule has 0 radical (unpaired) electrons. The van der Waals surface area contributed by atoms with E-state index < -0.39 is 17.1 Å². The monoisotopic (exact) mass is 543 g/mol. The molecule has 37 heavy (non-hydrogen) atoms. The Balaban J connectivity index is 1.64. The molecule has 1 atom stereocenters. The number of nitrogens with one attached hydrogen (secondary N) is 3. The maximum absolute atomic E-state index is 12.4. The molecule has 3 aromatic rings. The Kier molecular flexibility index (Phi) is 8.74. The molecule has 2 aromatic heterocycles. The third-order valence-electron chi connectivity index (χ3n) is 5.52. The fraction of sp³-hybridized carbons (Fsp3) is 0.333. The van der Waals surface area contributed by atoms with Crippen LogP contribution >= 0.6 is 11.6 Å². The van der Waals surface area contributed by atoms with Gasteiger partial charge in [0.1, 0.15) is 5.75 Å². The zero-order chi connectivity index (χ0) is 26.4. The molecule has 1 aliphatic carbocycles. The van der Waals surface area contributed by atoms with Gasteiger partial charge in [-0.2, -0.15) is 0 Å². The number of ether oxygens (including phenoxy) is 1. The Morgan fingerprint density at radius 1 is 1.19 bits per heavy atom. The number of hydrogen-bond donors (Lipinski definition) is 3. The van der Waals surface area contributed by atoms with E-state index in [-0.39, 0.29) is 23.3 Å². The number of alkyl halides is 1. The molecule has 4 rings (SSSR count). The van der Waals surface area contributed by atoms with Crippen LogP contribution in [0.4, 0.5) is 17.2 Å². The van der Waals surface area contributed by atoms with Crippen molar-refractivity contribution in [3.63, 3.8) is 0 Å². The van der Waals surface area contributed by atoms with Crippen LogP contribution in [0.2, 0.25) is 0 Å². The van der Waals surface area contributed by atoms with Crippen molar-refractivity contribution in [2.45, 2.75) is 24.2 Å². The number of carbonyl (C=O) groups is 2. The van der Waals surface area contributed by atoms with Crippen LogP contribution < -0.4 is 20.7 Å². The SMILES string of the molecule is CNC(=O)c1nnc(NC(=O)C2CC2)cc1Nc1cccc(-c2ncc([S+]([O-])CCCCl)cn2)c1OC.